The number of amides is 1. The van der Waals surface area contributed by atoms with Crippen molar-refractivity contribution in [1.29, 1.82) is 0 Å². The summed E-state index contributed by atoms with van der Waals surface area (Å²) in [4.78, 5) is 23.0. The number of halogens is 2. The van der Waals surface area contributed by atoms with E-state index in [-0.39, 0.29) is 36.0 Å². The predicted molar refractivity (Wildman–Crippen MR) is 136 cm³/mol. The van der Waals surface area contributed by atoms with Crippen LogP contribution in [0.15, 0.2) is 28.7 Å². The average molecular weight is 571 g/mol. The van der Waals surface area contributed by atoms with Crippen molar-refractivity contribution >= 4 is 27.7 Å². The van der Waals surface area contributed by atoms with E-state index in [0.717, 1.165) is 5.56 Å². The van der Waals surface area contributed by atoms with E-state index in [1.807, 2.05) is 6.92 Å². The summed E-state index contributed by atoms with van der Waals surface area (Å²) in [6.45, 7) is 9.19. The molecule has 1 amide bonds. The van der Waals surface area contributed by atoms with Gasteiger partial charge in [0.05, 0.1) is 47.5 Å². The van der Waals surface area contributed by atoms with E-state index in [9.17, 15) is 19.3 Å². The molecule has 0 aliphatic carbocycles. The van der Waals surface area contributed by atoms with Gasteiger partial charge in [-0.25, -0.2) is 9.18 Å². The molecule has 1 atom stereocenters. The summed E-state index contributed by atoms with van der Waals surface area (Å²) in [6, 6.07) is 6.08. The number of hydrogen-bond acceptors (Lipinski definition) is 7. The third-order valence-electron chi connectivity index (χ3n) is 4.93. The van der Waals surface area contributed by atoms with Gasteiger partial charge in [-0.15, -0.1) is 0 Å². The number of ether oxygens (including phenoxy) is 4. The Morgan fingerprint density at radius 3 is 2.53 bits per heavy atom. The molecule has 1 unspecified atom stereocenters. The molecule has 0 radical (unpaired) electrons. The van der Waals surface area contributed by atoms with Gasteiger partial charge in [-0.3, -0.25) is 10.1 Å². The van der Waals surface area contributed by atoms with Crippen molar-refractivity contribution in [2.45, 2.75) is 59.4 Å². The predicted octanol–water partition coefficient (Wildman–Crippen LogP) is 6.38. The summed E-state index contributed by atoms with van der Waals surface area (Å²) >= 11 is 3.18. The Balaban J connectivity index is 2.08. The molecule has 0 fully saturated rings. The van der Waals surface area contributed by atoms with Crippen molar-refractivity contribution in [3.63, 3.8) is 0 Å². The summed E-state index contributed by atoms with van der Waals surface area (Å²) < 4.78 is 36.7. The monoisotopic (exact) mass is 570 g/mol. The van der Waals surface area contributed by atoms with E-state index in [0.29, 0.717) is 23.0 Å². The van der Waals surface area contributed by atoms with Crippen molar-refractivity contribution < 1.29 is 33.1 Å². The fourth-order valence-electron chi connectivity index (χ4n) is 3.29. The molecule has 198 valence electrons. The van der Waals surface area contributed by atoms with Crippen LogP contribution >= 0.6 is 15.9 Å². The number of nitrogens with one attached hydrogen (secondary N) is 1. The van der Waals surface area contributed by atoms with E-state index in [1.54, 1.807) is 39.8 Å². The van der Waals surface area contributed by atoms with E-state index in [2.05, 4.69) is 21.2 Å². The standard InChI is InChI=1S/C25H32BrFN2O7/c1-15-10-17(23(27)19(26)11-15)14-35-16(2)18-12-21(33-6)22(13-20(18)29(31)32)34-9-7-8-28-24(30)36-25(3,4)5/h10-13,16H,7-9,14H2,1-6H3,(H,28,30)/i27+0. The molecule has 0 heterocycles. The molecule has 0 spiro atoms. The molecule has 36 heavy (non-hydrogen) atoms. The zero-order valence-electron chi connectivity index (χ0n) is 21.3. The second-order valence-electron chi connectivity index (χ2n) is 9.12. The minimum Gasteiger partial charge on any atom is -0.493 e. The van der Waals surface area contributed by atoms with E-state index < -0.39 is 28.5 Å². The minimum absolute atomic E-state index is 0.0738. The van der Waals surface area contributed by atoms with Crippen LogP contribution in [0.5, 0.6) is 11.5 Å². The third-order valence-corrected chi connectivity index (χ3v) is 5.51. The Labute approximate surface area is 218 Å². The quantitative estimate of drug-likeness (QED) is 0.189. The third kappa shape index (κ3) is 8.63. The van der Waals surface area contributed by atoms with Crippen LogP contribution < -0.4 is 14.8 Å². The molecular formula is C25H32BrFN2O7. The summed E-state index contributed by atoms with van der Waals surface area (Å²) in [5.41, 5.74) is 0.646. The number of methoxy groups -OCH3 is 1. The Bertz CT molecular complexity index is 1090. The molecule has 0 aliphatic rings. The Kier molecular flexibility index (Phi) is 10.5. The maximum absolute atomic E-state index is 14.4. The first-order chi connectivity index (χ1) is 16.8. The molecule has 2 aromatic rings. The highest BCUT2D eigenvalue weighted by atomic mass is 79.9. The fourth-order valence-corrected chi connectivity index (χ4v) is 3.90. The van der Waals surface area contributed by atoms with Crippen molar-refractivity contribution in [1.82, 2.24) is 5.32 Å². The molecule has 2 aromatic carbocycles. The van der Waals surface area contributed by atoms with Crippen molar-refractivity contribution in [3.05, 3.63) is 61.4 Å². The van der Waals surface area contributed by atoms with Crippen molar-refractivity contribution in [3.8, 4) is 11.5 Å². The van der Waals surface area contributed by atoms with E-state index >= 15 is 0 Å². The highest BCUT2D eigenvalue weighted by Crippen LogP contribution is 2.39. The highest BCUT2D eigenvalue weighted by Gasteiger charge is 2.25. The number of alkyl carbamates (subject to hydrolysis) is 1. The second kappa shape index (κ2) is 12.9. The number of nitro groups is 1. The Hall–Kier alpha value is -2.92. The number of nitro benzene ring substituents is 1. The van der Waals surface area contributed by atoms with E-state index in [1.165, 1.54) is 19.2 Å². The summed E-state index contributed by atoms with van der Waals surface area (Å²) in [7, 11) is 1.42. The maximum Gasteiger partial charge on any atom is 0.407 e. The average Bonchev–Trinajstić information content (AvgIpc) is 2.78. The van der Waals surface area contributed by atoms with Crippen LogP contribution in [0.25, 0.3) is 0 Å². The molecule has 0 bridgehead atoms. The van der Waals surface area contributed by atoms with Crippen molar-refractivity contribution in [2.75, 3.05) is 20.3 Å². The van der Waals surface area contributed by atoms with Gasteiger partial charge in [0, 0.05) is 12.1 Å². The highest BCUT2D eigenvalue weighted by molar-refractivity contribution is 9.10. The molecule has 0 saturated heterocycles. The number of benzene rings is 2. The van der Waals surface area contributed by atoms with Gasteiger partial charge in [-0.05, 0) is 74.7 Å². The van der Waals surface area contributed by atoms with Gasteiger partial charge in [-0.1, -0.05) is 6.07 Å². The lowest BCUT2D eigenvalue weighted by molar-refractivity contribution is -0.386. The van der Waals surface area contributed by atoms with Gasteiger partial charge in [-0.2, -0.15) is 0 Å². The maximum atomic E-state index is 14.4. The van der Waals surface area contributed by atoms with Crippen LogP contribution in [0, 0.1) is 22.9 Å². The van der Waals surface area contributed by atoms with Crippen molar-refractivity contribution in [2.24, 2.45) is 0 Å². The largest absolute Gasteiger partial charge is 0.493 e. The normalized spacial score (nSPS) is 12.1. The lowest BCUT2D eigenvalue weighted by Crippen LogP contribution is -2.33. The minimum atomic E-state index is -0.731. The number of nitrogens with zero attached hydrogens (tertiary/aromatic N) is 1. The van der Waals surface area contributed by atoms with Crippen LogP contribution in [0.4, 0.5) is 14.9 Å². The van der Waals surface area contributed by atoms with Gasteiger partial charge in [0.15, 0.2) is 11.5 Å². The second-order valence-corrected chi connectivity index (χ2v) is 9.98. The molecule has 9 nitrogen and oxygen atoms in total. The van der Waals surface area contributed by atoms with Crippen LogP contribution in [-0.2, 0) is 16.1 Å². The van der Waals surface area contributed by atoms with Gasteiger partial charge >= 0.3 is 6.09 Å². The lowest BCUT2D eigenvalue weighted by atomic mass is 10.1. The number of carbonyl (C=O) groups excluding carboxylic acids is 1. The molecule has 2 rings (SSSR count). The summed E-state index contributed by atoms with van der Waals surface area (Å²) in [6.07, 6.45) is -0.827. The smallest absolute Gasteiger partial charge is 0.407 e. The number of aryl methyl sites for hydroxylation is 1. The first-order valence-electron chi connectivity index (χ1n) is 11.3. The topological polar surface area (TPSA) is 109 Å². The van der Waals surface area contributed by atoms with Crippen LogP contribution in [-0.4, -0.2) is 36.9 Å². The SMILES string of the molecule is COc1cc(C(C)OCc2cc(C)cc(Br)c2[19F])c([N+](=O)[O-])cc1OCCCNC(=O)OC(C)(C)C. The first-order valence-corrected chi connectivity index (χ1v) is 12.1. The number of carbonyl (C=O) groups is 1. The molecule has 0 aliphatic heterocycles. The lowest BCUT2D eigenvalue weighted by Gasteiger charge is -2.19. The number of rotatable bonds is 11. The molecule has 0 saturated carbocycles. The zero-order valence-corrected chi connectivity index (χ0v) is 22.9. The van der Waals surface area contributed by atoms with Crippen LogP contribution in [0.1, 0.15) is 56.9 Å². The molecular weight excluding hydrogens is 539 g/mol. The first kappa shape index (κ1) is 29.3. The number of hydrogen-bond donors (Lipinski definition) is 1. The summed E-state index contributed by atoms with van der Waals surface area (Å²) in [5.74, 6) is 0.0338. The van der Waals surface area contributed by atoms with Gasteiger partial charge < -0.3 is 24.3 Å². The van der Waals surface area contributed by atoms with Gasteiger partial charge in [0.1, 0.15) is 11.4 Å². The molecule has 1 N–H and O–H groups in total. The Morgan fingerprint density at radius 2 is 1.92 bits per heavy atom. The van der Waals surface area contributed by atoms with E-state index in [4.69, 9.17) is 18.9 Å². The van der Waals surface area contributed by atoms with Gasteiger partial charge in [0.2, 0.25) is 0 Å². The molecule has 11 heteroatoms. The van der Waals surface area contributed by atoms with Gasteiger partial charge in [0.25, 0.3) is 5.69 Å². The summed E-state index contributed by atoms with van der Waals surface area (Å²) in [5, 5.41) is 14.4. The van der Waals surface area contributed by atoms with Crippen LogP contribution in [0.2, 0.25) is 0 Å². The fraction of sp³-hybridized carbons (Fsp3) is 0.480. The molecule has 0 aromatic heterocycles. The Morgan fingerprint density at radius 1 is 1.22 bits per heavy atom. The van der Waals surface area contributed by atoms with Crippen LogP contribution in [0.3, 0.4) is 0 Å². The zero-order chi connectivity index (χ0) is 27.0.